The minimum Gasteiger partial charge on any atom is -0.494 e. The first kappa shape index (κ1) is 27.4. The van der Waals surface area contributed by atoms with E-state index in [1.165, 1.54) is 21.1 Å². The summed E-state index contributed by atoms with van der Waals surface area (Å²) in [5, 5.41) is 10.8. The second kappa shape index (κ2) is 10.1. The van der Waals surface area contributed by atoms with E-state index in [1.54, 1.807) is 11.9 Å². The van der Waals surface area contributed by atoms with Gasteiger partial charge in [0, 0.05) is 45.8 Å². The van der Waals surface area contributed by atoms with Crippen LogP contribution in [0, 0.1) is 11.3 Å². The van der Waals surface area contributed by atoms with Crippen LogP contribution in [0.1, 0.15) is 76.3 Å². The number of carbonyl (C=O) groups is 2. The van der Waals surface area contributed by atoms with Crippen molar-refractivity contribution in [3.05, 3.63) is 26.4 Å². The van der Waals surface area contributed by atoms with Crippen LogP contribution in [0.5, 0.6) is 5.88 Å². The van der Waals surface area contributed by atoms with Gasteiger partial charge in [-0.2, -0.15) is 0 Å². The van der Waals surface area contributed by atoms with Crippen molar-refractivity contribution in [2.24, 2.45) is 22.1 Å². The highest BCUT2D eigenvalue weighted by Gasteiger charge is 2.68. The van der Waals surface area contributed by atoms with Crippen molar-refractivity contribution >= 4 is 17.8 Å². The molecule has 0 radical (unpaired) electrons. The van der Waals surface area contributed by atoms with Crippen LogP contribution in [-0.2, 0) is 16.1 Å². The molecule has 2 spiro atoms. The Morgan fingerprint density at radius 2 is 1.85 bits per heavy atom. The molecule has 1 aromatic rings. The molecule has 2 aliphatic carbocycles. The zero-order chi connectivity index (χ0) is 28.1. The monoisotopic (exact) mass is 544 g/mol. The quantitative estimate of drug-likeness (QED) is 0.299. The van der Waals surface area contributed by atoms with E-state index in [9.17, 15) is 24.3 Å². The predicted molar refractivity (Wildman–Crippen MR) is 144 cm³/mol. The number of aliphatic imine (C=N–C) groups is 1. The lowest BCUT2D eigenvalue weighted by molar-refractivity contribution is -0.150. The first-order valence-corrected chi connectivity index (χ1v) is 14.1. The summed E-state index contributed by atoms with van der Waals surface area (Å²) in [6.45, 7) is 4.07. The molecule has 3 N–H and O–H groups in total. The fourth-order valence-electron chi connectivity index (χ4n) is 7.31. The van der Waals surface area contributed by atoms with Crippen molar-refractivity contribution < 1.29 is 19.4 Å². The zero-order valence-corrected chi connectivity index (χ0v) is 23.1. The van der Waals surface area contributed by atoms with Gasteiger partial charge in [-0.25, -0.2) is 9.59 Å². The lowest BCUT2D eigenvalue weighted by atomic mass is 9.51. The number of ether oxygens (including phenoxy) is 1. The molecule has 1 aromatic heterocycles. The maximum absolute atomic E-state index is 13.4. The highest BCUT2D eigenvalue weighted by molar-refractivity contribution is 6.07. The zero-order valence-electron chi connectivity index (χ0n) is 23.1. The third kappa shape index (κ3) is 4.27. The van der Waals surface area contributed by atoms with Crippen LogP contribution in [0.2, 0.25) is 0 Å². The topological polar surface area (TPSA) is 152 Å². The Balaban J connectivity index is 1.38. The van der Waals surface area contributed by atoms with E-state index in [0.717, 1.165) is 25.7 Å². The van der Waals surface area contributed by atoms with Crippen LogP contribution in [0.4, 0.5) is 4.79 Å². The fourth-order valence-corrected chi connectivity index (χ4v) is 7.31. The highest BCUT2D eigenvalue weighted by atomic mass is 16.5. The third-order valence-electron chi connectivity index (χ3n) is 9.50. The summed E-state index contributed by atoms with van der Waals surface area (Å²) in [6.07, 6.45) is 6.20. The van der Waals surface area contributed by atoms with Crippen LogP contribution in [0.25, 0.3) is 0 Å². The number of carbonyl (C=O) groups excluding carboxylic acids is 2. The summed E-state index contributed by atoms with van der Waals surface area (Å²) in [7, 11) is 3.00. The van der Waals surface area contributed by atoms with Crippen LogP contribution in [0.15, 0.2) is 14.6 Å². The molecular weight excluding hydrogens is 504 g/mol. The molecule has 214 valence electrons. The summed E-state index contributed by atoms with van der Waals surface area (Å²) < 4.78 is 7.98. The van der Waals surface area contributed by atoms with Gasteiger partial charge in [-0.3, -0.25) is 28.6 Å². The summed E-state index contributed by atoms with van der Waals surface area (Å²) in [4.78, 5) is 60.1. The standard InChI is InChI=1S/C27H40N6O6/c1-4-5-11-31-21(34)19(20(28)29-2)22(35)33(25(31)38)18-6-9-26(10-7-18)15-27(16-26)23(36)30(3)24(37)32(27)13-17-8-12-39-14-17/h17-18,34H,4-16H2,1-3H3,(H2,28,29)/t17-,18?,26?,27?/m1/s1. The minimum absolute atomic E-state index is 0.106. The summed E-state index contributed by atoms with van der Waals surface area (Å²) >= 11 is 0. The van der Waals surface area contributed by atoms with Crippen molar-refractivity contribution in [2.75, 3.05) is 33.9 Å². The van der Waals surface area contributed by atoms with Gasteiger partial charge in [0.05, 0.1) is 6.61 Å². The van der Waals surface area contributed by atoms with E-state index in [4.69, 9.17) is 10.5 Å². The molecule has 3 amide bonds. The van der Waals surface area contributed by atoms with Crippen LogP contribution >= 0.6 is 0 Å². The number of amides is 3. The van der Waals surface area contributed by atoms with Gasteiger partial charge in [0.15, 0.2) is 0 Å². The van der Waals surface area contributed by atoms with Gasteiger partial charge < -0.3 is 20.5 Å². The van der Waals surface area contributed by atoms with Crippen LogP contribution in [-0.4, -0.2) is 81.2 Å². The Morgan fingerprint density at radius 1 is 1.15 bits per heavy atom. The van der Waals surface area contributed by atoms with Gasteiger partial charge in [-0.05, 0) is 56.8 Å². The van der Waals surface area contributed by atoms with Gasteiger partial charge >= 0.3 is 11.7 Å². The average Bonchev–Trinajstić information content (AvgIpc) is 3.48. The Bertz CT molecular complexity index is 1290. The molecule has 2 aliphatic heterocycles. The second-order valence-corrected chi connectivity index (χ2v) is 11.9. The molecule has 4 fully saturated rings. The van der Waals surface area contributed by atoms with Gasteiger partial charge in [0.25, 0.3) is 11.5 Å². The number of aromatic hydroxyl groups is 1. The maximum Gasteiger partial charge on any atom is 0.334 e. The molecule has 1 atom stereocenters. The molecule has 0 aromatic carbocycles. The van der Waals surface area contributed by atoms with Gasteiger partial charge in [0.2, 0.25) is 5.88 Å². The van der Waals surface area contributed by atoms with E-state index in [1.807, 2.05) is 6.92 Å². The van der Waals surface area contributed by atoms with Crippen molar-refractivity contribution in [3.8, 4) is 5.88 Å². The number of nitrogens with two attached hydrogens (primary N) is 1. The van der Waals surface area contributed by atoms with Crippen LogP contribution < -0.4 is 17.0 Å². The number of hydrogen-bond acceptors (Lipinski definition) is 7. The molecule has 39 heavy (non-hydrogen) atoms. The Labute approximate surface area is 227 Å². The Morgan fingerprint density at radius 3 is 2.44 bits per heavy atom. The van der Waals surface area contributed by atoms with E-state index in [0.29, 0.717) is 51.9 Å². The first-order chi connectivity index (χ1) is 18.6. The summed E-state index contributed by atoms with van der Waals surface area (Å²) in [5.41, 5.74) is 3.76. The van der Waals surface area contributed by atoms with E-state index in [-0.39, 0.29) is 47.3 Å². The first-order valence-electron chi connectivity index (χ1n) is 14.1. The number of amidine groups is 1. The van der Waals surface area contributed by atoms with Gasteiger partial charge in [-0.15, -0.1) is 0 Å². The highest BCUT2D eigenvalue weighted by Crippen LogP contribution is 2.62. The van der Waals surface area contributed by atoms with Crippen molar-refractivity contribution in [3.63, 3.8) is 0 Å². The van der Waals surface area contributed by atoms with Crippen molar-refractivity contribution in [2.45, 2.75) is 82.8 Å². The summed E-state index contributed by atoms with van der Waals surface area (Å²) in [5.74, 6) is -0.438. The normalized spacial score (nSPS) is 31.1. The number of rotatable bonds is 7. The third-order valence-corrected chi connectivity index (χ3v) is 9.50. The summed E-state index contributed by atoms with van der Waals surface area (Å²) in [6, 6.07) is -0.583. The van der Waals surface area contributed by atoms with E-state index >= 15 is 0 Å². The number of nitrogens with zero attached hydrogens (tertiary/aromatic N) is 5. The van der Waals surface area contributed by atoms with Crippen molar-refractivity contribution in [1.82, 2.24) is 18.9 Å². The predicted octanol–water partition coefficient (Wildman–Crippen LogP) is 1.42. The largest absolute Gasteiger partial charge is 0.494 e. The van der Waals surface area contributed by atoms with E-state index in [2.05, 4.69) is 4.99 Å². The molecule has 12 nitrogen and oxygen atoms in total. The number of unbranched alkanes of at least 4 members (excludes halogenated alkanes) is 1. The molecule has 0 unspecified atom stereocenters. The minimum atomic E-state index is -0.803. The number of likely N-dealkylation sites (N-methyl/N-ethyl adjacent to an activating group) is 1. The van der Waals surface area contributed by atoms with Crippen molar-refractivity contribution in [1.29, 1.82) is 0 Å². The number of aromatic nitrogens is 2. The molecular formula is C27H40N6O6. The Kier molecular flexibility index (Phi) is 7.11. The second-order valence-electron chi connectivity index (χ2n) is 11.9. The molecule has 2 saturated carbocycles. The molecule has 0 bridgehead atoms. The molecule has 5 rings (SSSR count). The smallest absolute Gasteiger partial charge is 0.334 e. The molecule has 4 aliphatic rings. The number of imide groups is 1. The SMILES string of the molecule is CCCCn1c(O)c(C(N)=NC)c(=O)n(C2CCC3(CC2)CC2(C3)C(=O)N(C)C(=O)N2C[C@H]2CCOC2)c1=O. The Hall–Kier alpha value is -3.15. The van der Waals surface area contributed by atoms with Crippen LogP contribution in [0.3, 0.4) is 0 Å². The number of urea groups is 1. The maximum atomic E-state index is 13.4. The molecule has 12 heteroatoms. The fraction of sp³-hybridized carbons (Fsp3) is 0.741. The lowest BCUT2D eigenvalue weighted by Gasteiger charge is -2.58. The number of hydrogen-bond donors (Lipinski definition) is 2. The molecule has 3 heterocycles. The van der Waals surface area contributed by atoms with E-state index < -0.39 is 22.7 Å². The molecule has 2 saturated heterocycles. The lowest BCUT2D eigenvalue weighted by Crippen LogP contribution is -2.64. The average molecular weight is 545 g/mol. The van der Waals surface area contributed by atoms with Gasteiger partial charge in [-0.1, -0.05) is 13.3 Å². The van der Waals surface area contributed by atoms with Gasteiger partial charge in [0.1, 0.15) is 16.9 Å².